The maximum Gasteiger partial charge on any atom is 0.171 e. The van der Waals surface area contributed by atoms with Crippen LogP contribution in [0, 0.1) is 5.82 Å². The molecule has 3 aromatic carbocycles. The average molecular weight is 374 g/mol. The predicted octanol–water partition coefficient (Wildman–Crippen LogP) is 5.52. The van der Waals surface area contributed by atoms with Gasteiger partial charge in [0.1, 0.15) is 5.82 Å². The Hall–Kier alpha value is -3.01. The Morgan fingerprint density at radius 3 is 1.93 bits per heavy atom. The third-order valence-corrected chi connectivity index (χ3v) is 4.57. The van der Waals surface area contributed by atoms with Crippen LogP contribution < -0.4 is 0 Å². The molecule has 0 bridgehead atoms. The van der Waals surface area contributed by atoms with Crippen LogP contribution in [0.4, 0.5) is 4.39 Å². The number of hydrogen-bond donors (Lipinski definition) is 2. The lowest BCUT2D eigenvalue weighted by Gasteiger charge is -2.16. The summed E-state index contributed by atoms with van der Waals surface area (Å²) in [6, 6.07) is 24.6. The van der Waals surface area contributed by atoms with E-state index in [4.69, 9.17) is 10.2 Å². The molecule has 0 aliphatic rings. The minimum Gasteiger partial charge on any atom is -0.365 e. The summed E-state index contributed by atoms with van der Waals surface area (Å²) < 4.78 is 13.5. The van der Waals surface area contributed by atoms with E-state index in [0.717, 1.165) is 34.2 Å². The molecule has 0 spiro atoms. The monoisotopic (exact) mass is 374 g/mol. The van der Waals surface area contributed by atoms with Crippen molar-refractivity contribution in [1.82, 2.24) is 0 Å². The first-order valence-electron chi connectivity index (χ1n) is 9.27. The number of rotatable bonds is 6. The zero-order chi connectivity index (χ0) is 19.9. The van der Waals surface area contributed by atoms with E-state index in [1.165, 1.54) is 23.8 Å². The Bertz CT molecular complexity index is 954. The standard InChI is InChI=1S/C25H23FO2/c1-2-23(19-6-4-3-5-7-19)25(21-13-15-22(26)16-14-21)20-11-8-18(9-12-20)10-17-24(27)28/h3-17,24,27-28H,2H2,1H3. The molecule has 0 radical (unpaired) electrons. The van der Waals surface area contributed by atoms with Crippen molar-refractivity contribution in [1.29, 1.82) is 0 Å². The third-order valence-electron chi connectivity index (χ3n) is 4.57. The van der Waals surface area contributed by atoms with Crippen LogP contribution in [-0.2, 0) is 0 Å². The molecular weight excluding hydrogens is 351 g/mol. The first-order valence-corrected chi connectivity index (χ1v) is 9.27. The highest BCUT2D eigenvalue weighted by molar-refractivity contribution is 5.98. The molecule has 0 aliphatic carbocycles. The summed E-state index contributed by atoms with van der Waals surface area (Å²) in [7, 11) is 0. The summed E-state index contributed by atoms with van der Waals surface area (Å²) in [5.74, 6) is -0.260. The van der Waals surface area contributed by atoms with Crippen molar-refractivity contribution in [2.24, 2.45) is 0 Å². The maximum absolute atomic E-state index is 13.5. The Balaban J connectivity index is 2.14. The lowest BCUT2D eigenvalue weighted by atomic mass is 9.88. The Kier molecular flexibility index (Phi) is 6.53. The minimum absolute atomic E-state index is 0.260. The van der Waals surface area contributed by atoms with Gasteiger partial charge in [-0.15, -0.1) is 0 Å². The average Bonchev–Trinajstić information content (AvgIpc) is 2.72. The van der Waals surface area contributed by atoms with E-state index in [9.17, 15) is 4.39 Å². The summed E-state index contributed by atoms with van der Waals surface area (Å²) >= 11 is 0. The van der Waals surface area contributed by atoms with Gasteiger partial charge in [-0.25, -0.2) is 4.39 Å². The second-order valence-corrected chi connectivity index (χ2v) is 6.47. The highest BCUT2D eigenvalue weighted by Gasteiger charge is 2.13. The van der Waals surface area contributed by atoms with Crippen LogP contribution in [0.1, 0.15) is 35.6 Å². The maximum atomic E-state index is 13.5. The van der Waals surface area contributed by atoms with Crippen LogP contribution in [0.25, 0.3) is 17.2 Å². The van der Waals surface area contributed by atoms with Crippen molar-refractivity contribution in [3.63, 3.8) is 0 Å². The summed E-state index contributed by atoms with van der Waals surface area (Å²) in [5, 5.41) is 18.0. The molecule has 0 heterocycles. The fourth-order valence-corrected chi connectivity index (χ4v) is 3.25. The van der Waals surface area contributed by atoms with E-state index >= 15 is 0 Å². The fraction of sp³-hybridized carbons (Fsp3) is 0.120. The predicted molar refractivity (Wildman–Crippen MR) is 113 cm³/mol. The first kappa shape index (κ1) is 19.7. The number of aliphatic hydroxyl groups is 2. The van der Waals surface area contributed by atoms with Crippen molar-refractivity contribution in [3.05, 3.63) is 113 Å². The van der Waals surface area contributed by atoms with Crippen LogP contribution in [0.3, 0.4) is 0 Å². The summed E-state index contributed by atoms with van der Waals surface area (Å²) in [6.45, 7) is 2.12. The summed E-state index contributed by atoms with van der Waals surface area (Å²) in [6.07, 6.45) is 2.33. The summed E-state index contributed by atoms with van der Waals surface area (Å²) in [4.78, 5) is 0. The highest BCUT2D eigenvalue weighted by Crippen LogP contribution is 2.34. The van der Waals surface area contributed by atoms with E-state index in [1.54, 1.807) is 18.2 Å². The molecule has 0 saturated heterocycles. The molecule has 2 nitrogen and oxygen atoms in total. The molecule has 0 fully saturated rings. The van der Waals surface area contributed by atoms with Gasteiger partial charge in [0.2, 0.25) is 0 Å². The zero-order valence-corrected chi connectivity index (χ0v) is 15.7. The van der Waals surface area contributed by atoms with Crippen molar-refractivity contribution < 1.29 is 14.6 Å². The number of allylic oxidation sites excluding steroid dienone is 1. The van der Waals surface area contributed by atoms with Gasteiger partial charge < -0.3 is 10.2 Å². The lowest BCUT2D eigenvalue weighted by Crippen LogP contribution is -1.97. The van der Waals surface area contributed by atoms with Gasteiger partial charge in [0.25, 0.3) is 0 Å². The van der Waals surface area contributed by atoms with Gasteiger partial charge >= 0.3 is 0 Å². The number of benzene rings is 3. The molecule has 142 valence electrons. The van der Waals surface area contributed by atoms with E-state index < -0.39 is 6.29 Å². The Labute approximate surface area is 164 Å². The second kappa shape index (κ2) is 9.27. The van der Waals surface area contributed by atoms with Gasteiger partial charge in [-0.05, 0) is 58.0 Å². The fourth-order valence-electron chi connectivity index (χ4n) is 3.25. The van der Waals surface area contributed by atoms with E-state index in [0.29, 0.717) is 0 Å². The van der Waals surface area contributed by atoms with Crippen molar-refractivity contribution in [2.45, 2.75) is 19.6 Å². The molecule has 0 atom stereocenters. The number of hydrogen-bond acceptors (Lipinski definition) is 2. The van der Waals surface area contributed by atoms with Gasteiger partial charge in [0.15, 0.2) is 6.29 Å². The van der Waals surface area contributed by atoms with E-state index in [2.05, 4.69) is 19.1 Å². The van der Waals surface area contributed by atoms with Gasteiger partial charge in [0, 0.05) is 0 Å². The molecule has 0 amide bonds. The number of aliphatic hydroxyl groups excluding tert-OH is 1. The highest BCUT2D eigenvalue weighted by atomic mass is 19.1. The molecule has 3 heteroatoms. The molecule has 0 aliphatic heterocycles. The zero-order valence-electron chi connectivity index (χ0n) is 15.7. The Morgan fingerprint density at radius 1 is 0.821 bits per heavy atom. The van der Waals surface area contributed by atoms with Crippen molar-refractivity contribution in [3.8, 4) is 0 Å². The quantitative estimate of drug-likeness (QED) is 0.441. The largest absolute Gasteiger partial charge is 0.365 e. The van der Waals surface area contributed by atoms with E-state index in [1.807, 2.05) is 42.5 Å². The lowest BCUT2D eigenvalue weighted by molar-refractivity contribution is 0.00303. The molecule has 0 saturated carbocycles. The van der Waals surface area contributed by atoms with Crippen LogP contribution in [0.5, 0.6) is 0 Å². The van der Waals surface area contributed by atoms with Gasteiger partial charge in [-0.3, -0.25) is 0 Å². The second-order valence-electron chi connectivity index (χ2n) is 6.47. The van der Waals surface area contributed by atoms with Crippen molar-refractivity contribution in [2.75, 3.05) is 0 Å². The van der Waals surface area contributed by atoms with Crippen LogP contribution in [-0.4, -0.2) is 16.5 Å². The van der Waals surface area contributed by atoms with Crippen LogP contribution in [0.15, 0.2) is 84.9 Å². The van der Waals surface area contributed by atoms with Crippen molar-refractivity contribution >= 4 is 17.2 Å². The first-order chi connectivity index (χ1) is 13.6. The van der Waals surface area contributed by atoms with Gasteiger partial charge in [0.05, 0.1) is 0 Å². The SMILES string of the molecule is CCC(=C(c1ccc(F)cc1)c1ccc(C=CC(O)O)cc1)c1ccccc1. The third kappa shape index (κ3) is 4.83. The van der Waals surface area contributed by atoms with Gasteiger partial charge in [-0.2, -0.15) is 0 Å². The minimum atomic E-state index is -1.47. The van der Waals surface area contributed by atoms with Gasteiger partial charge in [-0.1, -0.05) is 79.7 Å². The molecule has 3 rings (SSSR count). The molecular formula is C25H23FO2. The normalized spacial score (nSPS) is 12.5. The molecule has 28 heavy (non-hydrogen) atoms. The number of halogens is 1. The van der Waals surface area contributed by atoms with Crippen LogP contribution >= 0.6 is 0 Å². The molecule has 2 N–H and O–H groups in total. The summed E-state index contributed by atoms with van der Waals surface area (Å²) in [5.41, 5.74) is 6.22. The Morgan fingerprint density at radius 2 is 1.39 bits per heavy atom. The molecule has 0 aromatic heterocycles. The van der Waals surface area contributed by atoms with Crippen LogP contribution in [0.2, 0.25) is 0 Å². The smallest absolute Gasteiger partial charge is 0.171 e. The topological polar surface area (TPSA) is 40.5 Å². The molecule has 3 aromatic rings. The van der Waals surface area contributed by atoms with E-state index in [-0.39, 0.29) is 5.82 Å². The molecule has 0 unspecified atom stereocenters.